The fourth-order valence-corrected chi connectivity index (χ4v) is 4.26. The van der Waals surface area contributed by atoms with Crippen LogP contribution >= 0.6 is 0 Å². The van der Waals surface area contributed by atoms with Gasteiger partial charge in [-0.25, -0.2) is 4.79 Å². The van der Waals surface area contributed by atoms with Gasteiger partial charge < -0.3 is 14.9 Å². The van der Waals surface area contributed by atoms with Crippen LogP contribution in [0, 0.1) is 17.3 Å². The molecule has 6 atom stereocenters. The van der Waals surface area contributed by atoms with Crippen molar-refractivity contribution >= 4 is 5.97 Å². The van der Waals surface area contributed by atoms with Crippen molar-refractivity contribution in [3.8, 4) is 0 Å². The summed E-state index contributed by atoms with van der Waals surface area (Å²) in [4.78, 5) is 11.6. The number of aliphatic hydroxyl groups excluding tert-OH is 2. The van der Waals surface area contributed by atoms with E-state index in [-0.39, 0.29) is 17.9 Å². The summed E-state index contributed by atoms with van der Waals surface area (Å²) in [5, 5.41) is 21.0. The third-order valence-electron chi connectivity index (χ3n) is 5.32. The maximum Gasteiger partial charge on any atom is 0.334 e. The van der Waals surface area contributed by atoms with Crippen molar-refractivity contribution in [1.29, 1.82) is 0 Å². The highest BCUT2D eigenvalue weighted by atomic mass is 16.6. The summed E-state index contributed by atoms with van der Waals surface area (Å²) in [5.74, 6) is -0.965. The molecule has 0 aromatic heterocycles. The molecule has 104 valence electrons. The lowest BCUT2D eigenvalue weighted by Gasteiger charge is -2.54. The Kier molecular flexibility index (Phi) is 2.67. The van der Waals surface area contributed by atoms with Gasteiger partial charge in [-0.2, -0.15) is 0 Å². The molecule has 0 unspecified atom stereocenters. The van der Waals surface area contributed by atoms with Gasteiger partial charge in [-0.15, -0.1) is 0 Å². The third kappa shape index (κ3) is 1.56. The SMILES string of the molecule is C=C1C(=O)O[C@H]2C[C@@]3(C)[C@H](C(=C)CC[C@@H]3O)[C@@H](O)[C@H]12. The highest BCUT2D eigenvalue weighted by Gasteiger charge is 2.60. The Hall–Kier alpha value is -1.13. The minimum atomic E-state index is -0.745. The van der Waals surface area contributed by atoms with Gasteiger partial charge in [0, 0.05) is 16.9 Å². The Morgan fingerprint density at radius 3 is 2.74 bits per heavy atom. The molecule has 4 heteroatoms. The predicted molar refractivity (Wildman–Crippen MR) is 69.1 cm³/mol. The van der Waals surface area contributed by atoms with Crippen LogP contribution in [0.4, 0.5) is 0 Å². The molecule has 3 fully saturated rings. The van der Waals surface area contributed by atoms with Gasteiger partial charge in [0.2, 0.25) is 0 Å². The maximum absolute atomic E-state index is 11.6. The fraction of sp³-hybridized carbons (Fsp3) is 0.667. The van der Waals surface area contributed by atoms with E-state index in [1.807, 2.05) is 6.92 Å². The highest BCUT2D eigenvalue weighted by Crippen LogP contribution is 2.56. The molecule has 2 N–H and O–H groups in total. The Bertz CT molecular complexity index is 469. The molecule has 2 aliphatic carbocycles. The van der Waals surface area contributed by atoms with E-state index < -0.39 is 23.6 Å². The van der Waals surface area contributed by atoms with E-state index in [0.717, 1.165) is 12.0 Å². The van der Waals surface area contributed by atoms with Crippen LogP contribution in [0.5, 0.6) is 0 Å². The van der Waals surface area contributed by atoms with Gasteiger partial charge >= 0.3 is 5.97 Å². The maximum atomic E-state index is 11.6. The molecule has 0 spiro atoms. The molecule has 4 nitrogen and oxygen atoms in total. The molecule has 0 aromatic rings. The Balaban J connectivity index is 2.02. The lowest BCUT2D eigenvalue weighted by Crippen LogP contribution is -2.57. The Morgan fingerprint density at radius 2 is 2.05 bits per heavy atom. The molecule has 1 heterocycles. The van der Waals surface area contributed by atoms with Crippen LogP contribution in [-0.2, 0) is 9.53 Å². The van der Waals surface area contributed by atoms with Gasteiger partial charge in [-0.3, -0.25) is 0 Å². The molecule has 1 aliphatic heterocycles. The second-order valence-electron chi connectivity index (χ2n) is 6.39. The summed E-state index contributed by atoms with van der Waals surface area (Å²) >= 11 is 0. The van der Waals surface area contributed by atoms with E-state index >= 15 is 0 Å². The molecule has 0 bridgehead atoms. The van der Waals surface area contributed by atoms with Crippen molar-refractivity contribution in [2.45, 2.75) is 44.5 Å². The van der Waals surface area contributed by atoms with E-state index in [2.05, 4.69) is 13.2 Å². The quantitative estimate of drug-likeness (QED) is 0.392. The van der Waals surface area contributed by atoms with E-state index in [0.29, 0.717) is 18.4 Å². The van der Waals surface area contributed by atoms with Gasteiger partial charge in [0.1, 0.15) is 6.10 Å². The smallest absolute Gasteiger partial charge is 0.334 e. The van der Waals surface area contributed by atoms with Crippen LogP contribution in [0.2, 0.25) is 0 Å². The van der Waals surface area contributed by atoms with Crippen LogP contribution in [0.15, 0.2) is 24.3 Å². The van der Waals surface area contributed by atoms with E-state index in [4.69, 9.17) is 4.74 Å². The highest BCUT2D eigenvalue weighted by molar-refractivity contribution is 5.91. The van der Waals surface area contributed by atoms with Gasteiger partial charge in [0.15, 0.2) is 0 Å². The molecule has 0 aromatic carbocycles. The fourth-order valence-electron chi connectivity index (χ4n) is 4.26. The molecule has 1 saturated heterocycles. The van der Waals surface area contributed by atoms with Crippen LogP contribution in [0.25, 0.3) is 0 Å². The van der Waals surface area contributed by atoms with Crippen LogP contribution in [0.1, 0.15) is 26.2 Å². The van der Waals surface area contributed by atoms with Crippen LogP contribution < -0.4 is 0 Å². The lowest BCUT2D eigenvalue weighted by molar-refractivity contribution is -0.157. The standard InChI is InChI=1S/C15H20O4/c1-7-4-5-10(16)15(3)6-9-11(13(17)12(7)15)8(2)14(18)19-9/h9-13,16-17H,1-2,4-6H2,3H3/t9-,10-,11+,12+,13-,15+/m0/s1. The average molecular weight is 264 g/mol. The monoisotopic (exact) mass is 264 g/mol. The van der Waals surface area contributed by atoms with Crippen LogP contribution in [-0.4, -0.2) is 34.5 Å². The molecule has 0 radical (unpaired) electrons. The minimum absolute atomic E-state index is 0.191. The van der Waals surface area contributed by atoms with Crippen molar-refractivity contribution in [2.75, 3.05) is 0 Å². The second kappa shape index (κ2) is 3.93. The third-order valence-corrected chi connectivity index (χ3v) is 5.32. The molecule has 3 rings (SSSR count). The number of ether oxygens (including phenoxy) is 1. The Morgan fingerprint density at radius 1 is 1.37 bits per heavy atom. The van der Waals surface area contributed by atoms with Crippen molar-refractivity contribution in [3.05, 3.63) is 24.3 Å². The average Bonchev–Trinajstić information content (AvgIpc) is 2.60. The van der Waals surface area contributed by atoms with Crippen LogP contribution in [0.3, 0.4) is 0 Å². The number of hydrogen-bond donors (Lipinski definition) is 2. The summed E-state index contributed by atoms with van der Waals surface area (Å²) in [6, 6.07) is 0. The molecule has 0 amide bonds. The van der Waals surface area contributed by atoms with E-state index in [9.17, 15) is 15.0 Å². The zero-order chi connectivity index (χ0) is 13.9. The minimum Gasteiger partial charge on any atom is -0.458 e. The first-order chi connectivity index (χ1) is 8.86. The number of aliphatic hydroxyl groups is 2. The van der Waals surface area contributed by atoms with Gasteiger partial charge in [0.05, 0.1) is 18.1 Å². The Labute approximate surface area is 112 Å². The first kappa shape index (κ1) is 12.9. The van der Waals surface area contributed by atoms with Crippen molar-refractivity contribution < 1.29 is 19.7 Å². The number of rotatable bonds is 0. The molecule has 2 saturated carbocycles. The van der Waals surface area contributed by atoms with E-state index in [1.165, 1.54) is 0 Å². The normalized spacial score (nSPS) is 49.6. The summed E-state index contributed by atoms with van der Waals surface area (Å²) in [6.07, 6.45) is 0.333. The molecule has 3 aliphatic rings. The first-order valence-electron chi connectivity index (χ1n) is 6.80. The largest absolute Gasteiger partial charge is 0.458 e. The van der Waals surface area contributed by atoms with Crippen molar-refractivity contribution in [3.63, 3.8) is 0 Å². The molecule has 19 heavy (non-hydrogen) atoms. The van der Waals surface area contributed by atoms with Gasteiger partial charge in [-0.05, 0) is 19.3 Å². The summed E-state index contributed by atoms with van der Waals surface area (Å²) in [5.41, 5.74) is 0.846. The van der Waals surface area contributed by atoms with Gasteiger partial charge in [-0.1, -0.05) is 25.7 Å². The summed E-state index contributed by atoms with van der Waals surface area (Å²) < 4.78 is 5.31. The number of fused-ring (bicyclic) bond motifs is 2. The summed E-state index contributed by atoms with van der Waals surface area (Å²) in [6.45, 7) is 9.77. The molecular weight excluding hydrogens is 244 g/mol. The zero-order valence-corrected chi connectivity index (χ0v) is 11.1. The van der Waals surface area contributed by atoms with Crippen molar-refractivity contribution in [1.82, 2.24) is 0 Å². The number of hydrogen-bond acceptors (Lipinski definition) is 4. The topological polar surface area (TPSA) is 66.8 Å². The lowest BCUT2D eigenvalue weighted by atomic mass is 9.53. The first-order valence-corrected chi connectivity index (χ1v) is 6.80. The predicted octanol–water partition coefficient (Wildman–Crippen LogP) is 1.18. The summed E-state index contributed by atoms with van der Waals surface area (Å²) in [7, 11) is 0. The van der Waals surface area contributed by atoms with E-state index in [1.54, 1.807) is 0 Å². The second-order valence-corrected chi connectivity index (χ2v) is 6.39. The van der Waals surface area contributed by atoms with Crippen molar-refractivity contribution in [2.24, 2.45) is 17.3 Å². The number of carbonyl (C=O) groups excluding carboxylic acids is 1. The zero-order valence-electron chi connectivity index (χ0n) is 11.1. The number of esters is 1. The van der Waals surface area contributed by atoms with Gasteiger partial charge in [0.25, 0.3) is 0 Å². The molecular formula is C15H20O4. The number of carbonyl (C=O) groups is 1.